The van der Waals surface area contributed by atoms with Gasteiger partial charge in [-0.05, 0) is 62.3 Å². The van der Waals surface area contributed by atoms with Crippen molar-refractivity contribution in [1.82, 2.24) is 15.1 Å². The van der Waals surface area contributed by atoms with Crippen LogP contribution in [0.1, 0.15) is 47.3 Å². The van der Waals surface area contributed by atoms with Gasteiger partial charge < -0.3 is 10.0 Å². The van der Waals surface area contributed by atoms with Crippen molar-refractivity contribution in [3.8, 4) is 11.3 Å². The normalized spacial score (nSPS) is 17.3. The lowest BCUT2D eigenvalue weighted by molar-refractivity contribution is -0.137. The van der Waals surface area contributed by atoms with E-state index in [1.807, 2.05) is 11.0 Å². The van der Waals surface area contributed by atoms with Crippen LogP contribution in [0.5, 0.6) is 0 Å². The minimum atomic E-state index is -0.778. The number of aromatic amines is 1. The lowest BCUT2D eigenvalue weighted by Crippen LogP contribution is -2.40. The molecule has 1 fully saturated rings. The minimum Gasteiger partial charge on any atom is -0.481 e. The number of carbonyl (C=O) groups is 2. The molecular weight excluding hydrogens is 330 g/mol. The Morgan fingerprint density at radius 3 is 2.81 bits per heavy atom. The predicted octanol–water partition coefficient (Wildman–Crippen LogP) is 3.41. The molecule has 1 saturated heterocycles. The van der Waals surface area contributed by atoms with Crippen LogP contribution in [0.15, 0.2) is 24.3 Å². The van der Waals surface area contributed by atoms with E-state index < -0.39 is 5.97 Å². The largest absolute Gasteiger partial charge is 0.481 e. The van der Waals surface area contributed by atoms with Crippen molar-refractivity contribution in [3.05, 3.63) is 41.1 Å². The number of amides is 1. The van der Waals surface area contributed by atoms with Gasteiger partial charge >= 0.3 is 5.97 Å². The molecule has 0 aliphatic carbocycles. The highest BCUT2D eigenvalue weighted by Crippen LogP contribution is 2.24. The predicted molar refractivity (Wildman–Crippen MR) is 99.0 cm³/mol. The molecule has 0 spiro atoms. The number of carboxylic acid groups (broad SMARTS) is 1. The van der Waals surface area contributed by atoms with E-state index in [0.29, 0.717) is 25.2 Å². The van der Waals surface area contributed by atoms with E-state index in [1.54, 1.807) is 6.07 Å². The van der Waals surface area contributed by atoms with Gasteiger partial charge in [-0.25, -0.2) is 0 Å². The quantitative estimate of drug-likeness (QED) is 0.860. The number of carboxylic acids is 1. The second-order valence-corrected chi connectivity index (χ2v) is 7.16. The van der Waals surface area contributed by atoms with E-state index >= 15 is 0 Å². The highest BCUT2D eigenvalue weighted by molar-refractivity contribution is 5.93. The first-order valence-corrected chi connectivity index (χ1v) is 9.08. The average molecular weight is 355 g/mol. The number of aromatic nitrogens is 2. The van der Waals surface area contributed by atoms with Gasteiger partial charge in [0.1, 0.15) is 5.69 Å². The summed E-state index contributed by atoms with van der Waals surface area (Å²) in [6.45, 7) is 5.45. The van der Waals surface area contributed by atoms with Gasteiger partial charge in [0.25, 0.3) is 5.91 Å². The van der Waals surface area contributed by atoms with Crippen molar-refractivity contribution < 1.29 is 14.7 Å². The molecule has 0 radical (unpaired) electrons. The number of piperidine rings is 1. The Morgan fingerprint density at radius 1 is 1.27 bits per heavy atom. The first-order chi connectivity index (χ1) is 12.4. The van der Waals surface area contributed by atoms with Crippen molar-refractivity contribution in [2.24, 2.45) is 5.92 Å². The van der Waals surface area contributed by atoms with Crippen LogP contribution in [0.3, 0.4) is 0 Å². The Balaban J connectivity index is 1.69. The fourth-order valence-corrected chi connectivity index (χ4v) is 3.46. The van der Waals surface area contributed by atoms with Crippen LogP contribution in [0.25, 0.3) is 11.3 Å². The topological polar surface area (TPSA) is 86.3 Å². The van der Waals surface area contributed by atoms with Crippen LogP contribution in [0.2, 0.25) is 0 Å². The van der Waals surface area contributed by atoms with Crippen molar-refractivity contribution >= 4 is 11.9 Å². The Hall–Kier alpha value is -2.63. The highest BCUT2D eigenvalue weighted by atomic mass is 16.4. The molecule has 2 aromatic rings. The number of aryl methyl sites for hydroxylation is 2. The van der Waals surface area contributed by atoms with E-state index in [0.717, 1.165) is 24.1 Å². The van der Waals surface area contributed by atoms with Gasteiger partial charge in [0.15, 0.2) is 0 Å². The molecule has 1 aliphatic heterocycles. The summed E-state index contributed by atoms with van der Waals surface area (Å²) in [4.78, 5) is 25.4. The van der Waals surface area contributed by atoms with E-state index in [4.69, 9.17) is 5.11 Å². The summed E-state index contributed by atoms with van der Waals surface area (Å²) in [7, 11) is 0. The zero-order valence-electron chi connectivity index (χ0n) is 15.3. The van der Waals surface area contributed by atoms with Crippen molar-refractivity contribution in [2.45, 2.75) is 39.5 Å². The molecule has 6 heteroatoms. The first kappa shape index (κ1) is 18.2. The maximum Gasteiger partial charge on any atom is 0.303 e. The van der Waals surface area contributed by atoms with Crippen LogP contribution < -0.4 is 0 Å². The van der Waals surface area contributed by atoms with E-state index in [9.17, 15) is 9.59 Å². The summed E-state index contributed by atoms with van der Waals surface area (Å²) < 4.78 is 0. The number of carbonyl (C=O) groups excluding carboxylic acids is 1. The van der Waals surface area contributed by atoms with E-state index in [1.165, 1.54) is 11.1 Å². The molecule has 1 atom stereocenters. The molecule has 6 nitrogen and oxygen atoms in total. The zero-order chi connectivity index (χ0) is 18.7. The van der Waals surface area contributed by atoms with Gasteiger partial charge in [0.2, 0.25) is 0 Å². The van der Waals surface area contributed by atoms with Crippen LogP contribution in [0, 0.1) is 19.8 Å². The second-order valence-electron chi connectivity index (χ2n) is 7.16. The number of aliphatic carboxylic acids is 1. The van der Waals surface area contributed by atoms with Crippen LogP contribution in [-0.4, -0.2) is 45.2 Å². The molecular formula is C20H25N3O3. The first-order valence-electron chi connectivity index (χ1n) is 9.08. The van der Waals surface area contributed by atoms with Crippen LogP contribution >= 0.6 is 0 Å². The van der Waals surface area contributed by atoms with Gasteiger partial charge in [-0.2, -0.15) is 5.10 Å². The molecule has 1 aromatic heterocycles. The Morgan fingerprint density at radius 2 is 2.08 bits per heavy atom. The third-order valence-corrected chi connectivity index (χ3v) is 5.18. The smallest absolute Gasteiger partial charge is 0.303 e. The minimum absolute atomic E-state index is 0.0624. The Labute approximate surface area is 153 Å². The number of nitrogens with zero attached hydrogens (tertiary/aromatic N) is 2. The number of likely N-dealkylation sites (tertiary alicyclic amines) is 1. The molecule has 1 unspecified atom stereocenters. The molecule has 0 saturated carbocycles. The summed E-state index contributed by atoms with van der Waals surface area (Å²) in [5, 5.41) is 16.0. The van der Waals surface area contributed by atoms with Gasteiger partial charge in [0, 0.05) is 25.1 Å². The summed E-state index contributed by atoms with van der Waals surface area (Å²) in [5.74, 6) is -0.585. The summed E-state index contributed by atoms with van der Waals surface area (Å²) in [6.07, 6.45) is 2.67. The summed E-state index contributed by atoms with van der Waals surface area (Å²) >= 11 is 0. The van der Waals surface area contributed by atoms with Gasteiger partial charge in [-0.3, -0.25) is 14.7 Å². The third kappa shape index (κ3) is 4.12. The maximum absolute atomic E-state index is 12.8. The SMILES string of the molecule is Cc1ccc(-c2cc(C(=O)N3CCCC(CCC(=O)O)C3)[nH]n2)cc1C. The van der Waals surface area contributed by atoms with E-state index in [-0.39, 0.29) is 18.2 Å². The molecule has 1 aliphatic rings. The fourth-order valence-electron chi connectivity index (χ4n) is 3.46. The molecule has 1 amide bonds. The summed E-state index contributed by atoms with van der Waals surface area (Å²) in [5.41, 5.74) is 4.64. The maximum atomic E-state index is 12.8. The molecule has 3 rings (SSSR count). The number of H-pyrrole nitrogens is 1. The monoisotopic (exact) mass is 355 g/mol. The lowest BCUT2D eigenvalue weighted by atomic mass is 9.93. The molecule has 26 heavy (non-hydrogen) atoms. The van der Waals surface area contributed by atoms with Crippen molar-refractivity contribution in [1.29, 1.82) is 0 Å². The van der Waals surface area contributed by atoms with Gasteiger partial charge in [-0.1, -0.05) is 12.1 Å². The fraction of sp³-hybridized carbons (Fsp3) is 0.450. The molecule has 138 valence electrons. The molecule has 2 N–H and O–H groups in total. The number of nitrogens with one attached hydrogen (secondary N) is 1. The van der Waals surface area contributed by atoms with Crippen molar-refractivity contribution in [3.63, 3.8) is 0 Å². The standard InChI is InChI=1S/C20H25N3O3/c1-13-5-7-16(10-14(13)2)17-11-18(22-21-17)20(26)23-9-3-4-15(12-23)6-8-19(24)25/h5,7,10-11,15H,3-4,6,8-9,12H2,1-2H3,(H,21,22)(H,24,25). The van der Waals surface area contributed by atoms with E-state index in [2.05, 4.69) is 36.2 Å². The van der Waals surface area contributed by atoms with Crippen molar-refractivity contribution in [2.75, 3.05) is 13.1 Å². The molecule has 2 heterocycles. The number of benzene rings is 1. The lowest BCUT2D eigenvalue weighted by Gasteiger charge is -2.32. The van der Waals surface area contributed by atoms with Gasteiger partial charge in [0.05, 0.1) is 5.69 Å². The summed E-state index contributed by atoms with van der Waals surface area (Å²) in [6, 6.07) is 7.93. The third-order valence-electron chi connectivity index (χ3n) is 5.18. The Bertz CT molecular complexity index is 812. The van der Waals surface area contributed by atoms with Crippen LogP contribution in [-0.2, 0) is 4.79 Å². The molecule has 1 aromatic carbocycles. The average Bonchev–Trinajstić information content (AvgIpc) is 3.12. The number of hydrogen-bond acceptors (Lipinski definition) is 3. The van der Waals surface area contributed by atoms with Gasteiger partial charge in [-0.15, -0.1) is 0 Å². The molecule has 0 bridgehead atoms. The zero-order valence-corrected chi connectivity index (χ0v) is 15.3. The highest BCUT2D eigenvalue weighted by Gasteiger charge is 2.26. The Kier molecular flexibility index (Phi) is 5.40. The van der Waals surface area contributed by atoms with Crippen LogP contribution in [0.4, 0.5) is 0 Å². The number of hydrogen-bond donors (Lipinski definition) is 2. The number of rotatable bonds is 5. The second kappa shape index (κ2) is 7.72.